The zero-order chi connectivity index (χ0) is 0. The van der Waals surface area contributed by atoms with E-state index in [0.717, 1.165) is 0 Å². The molecule has 0 N–H and O–H groups in total. The molecular formula is H2CaTaTiZn. The van der Waals surface area contributed by atoms with Gasteiger partial charge in [-0.1, -0.05) is 0 Å². The Morgan fingerprint density at radius 2 is 1.25 bits per heavy atom. The third-order valence-electron chi connectivity index (χ3n) is 0. The van der Waals surface area contributed by atoms with Gasteiger partial charge in [-0.15, -0.1) is 0 Å². The molecule has 0 aliphatic rings. The van der Waals surface area contributed by atoms with Gasteiger partial charge in [-0.25, -0.2) is 0 Å². The molecule has 0 aromatic carbocycles. The Bertz CT molecular complexity index is 13.5. The van der Waals surface area contributed by atoms with E-state index in [9.17, 15) is 0 Å². The molecule has 0 saturated carbocycles. The van der Waals surface area contributed by atoms with Gasteiger partial charge in [-0.3, -0.25) is 0 Å². The smallest absolute Gasteiger partial charge is 1.00 e. The maximum absolute atomic E-state index is 0. The summed E-state index contributed by atoms with van der Waals surface area (Å²) >= 11 is 0. The van der Waals surface area contributed by atoms with Gasteiger partial charge in [-0.2, -0.15) is 0 Å². The maximum atomic E-state index is 0. The number of rotatable bonds is 0. The minimum absolute atomic E-state index is 0. The average Bonchev–Trinajstić information content (AvgIpc) is 0. The second kappa shape index (κ2) is 16.2. The summed E-state index contributed by atoms with van der Waals surface area (Å²) in [5.74, 6) is 0. The second-order valence-corrected chi connectivity index (χ2v) is 0. The van der Waals surface area contributed by atoms with Gasteiger partial charge >= 0.3 is 37.7 Å². The van der Waals surface area contributed by atoms with E-state index in [4.69, 9.17) is 0 Å². The van der Waals surface area contributed by atoms with Crippen molar-refractivity contribution in [1.82, 2.24) is 0 Å². The van der Waals surface area contributed by atoms with Crippen molar-refractivity contribution in [3.63, 3.8) is 0 Å². The summed E-state index contributed by atoms with van der Waals surface area (Å²) in [5.41, 5.74) is 0. The van der Waals surface area contributed by atoms with Crippen molar-refractivity contribution in [1.29, 1.82) is 0 Å². The van der Waals surface area contributed by atoms with Gasteiger partial charge in [0.2, 0.25) is 0 Å². The molecule has 0 rings (SSSR count). The first-order chi connectivity index (χ1) is 0. The van der Waals surface area contributed by atoms with E-state index in [1.165, 1.54) is 0 Å². The Morgan fingerprint density at radius 3 is 1.25 bits per heavy atom. The number of hydrogen-bond donors (Lipinski definition) is 0. The molecule has 4 heteroatoms. The van der Waals surface area contributed by atoms with Crippen LogP contribution in [-0.4, -0.2) is 37.7 Å². The van der Waals surface area contributed by atoms with Crippen molar-refractivity contribution in [3.8, 4) is 0 Å². The second-order valence-electron chi connectivity index (χ2n) is 0. The molecule has 0 nitrogen and oxygen atoms in total. The van der Waals surface area contributed by atoms with Crippen LogP contribution in [-0.2, 0) is 63.6 Å². The molecule has 0 bridgehead atoms. The van der Waals surface area contributed by atoms with Gasteiger partial charge in [0.1, 0.15) is 0 Å². The van der Waals surface area contributed by atoms with E-state index in [0.29, 0.717) is 0 Å². The molecule has 0 amide bonds. The third kappa shape index (κ3) is 9.02. The summed E-state index contributed by atoms with van der Waals surface area (Å²) in [6.07, 6.45) is 0. The molecule has 15 valence electrons. The monoisotopic (exact) mass is 335 g/mol. The summed E-state index contributed by atoms with van der Waals surface area (Å²) in [5, 5.41) is 0. The van der Waals surface area contributed by atoms with Crippen LogP contribution in [0.3, 0.4) is 0 Å². The Kier molecular flexibility index (Phi) is 107. The van der Waals surface area contributed by atoms with Crippen LogP contribution in [0.25, 0.3) is 0 Å². The molecule has 0 aromatic rings. The van der Waals surface area contributed by atoms with Crippen LogP contribution in [0, 0.1) is 0 Å². The van der Waals surface area contributed by atoms with Crippen LogP contribution in [0.1, 0.15) is 2.85 Å². The van der Waals surface area contributed by atoms with E-state index in [2.05, 4.69) is 0 Å². The largest absolute Gasteiger partial charge is 2.00 e. The molecule has 0 aliphatic carbocycles. The van der Waals surface area contributed by atoms with Crippen molar-refractivity contribution >= 4 is 37.7 Å². The first-order valence-electron chi connectivity index (χ1n) is 0. The van der Waals surface area contributed by atoms with Gasteiger partial charge in [0.05, 0.1) is 0 Å². The summed E-state index contributed by atoms with van der Waals surface area (Å²) in [6.45, 7) is 0. The summed E-state index contributed by atoms with van der Waals surface area (Å²) in [7, 11) is 0. The van der Waals surface area contributed by atoms with Crippen LogP contribution in [0.4, 0.5) is 0 Å². The Morgan fingerprint density at radius 1 is 1.25 bits per heavy atom. The maximum Gasteiger partial charge on any atom is 2.00 e. The predicted octanol–water partition coefficient (Wildman–Crippen LogP) is -0.163. The Labute approximate surface area is 102 Å². The van der Waals surface area contributed by atoms with Crippen LogP contribution in [0.15, 0.2) is 0 Å². The van der Waals surface area contributed by atoms with Gasteiger partial charge in [0.15, 0.2) is 0 Å². The molecule has 0 aromatic heterocycles. The van der Waals surface area contributed by atoms with Crippen molar-refractivity contribution in [2.45, 2.75) is 0 Å². The predicted molar refractivity (Wildman–Crippen MR) is 7.98 cm³/mol. The quantitative estimate of drug-likeness (QED) is 0.539. The average molecular weight is 336 g/mol. The summed E-state index contributed by atoms with van der Waals surface area (Å²) in [4.78, 5) is 0. The molecule has 0 spiro atoms. The van der Waals surface area contributed by atoms with Gasteiger partial charge in [-0.05, 0) is 0 Å². The molecule has 0 fully saturated rings. The van der Waals surface area contributed by atoms with Crippen molar-refractivity contribution in [2.75, 3.05) is 0 Å². The Hall–Kier alpha value is 3.34. The van der Waals surface area contributed by atoms with Crippen LogP contribution in [0.5, 0.6) is 0 Å². The van der Waals surface area contributed by atoms with Crippen molar-refractivity contribution < 1.29 is 66.4 Å². The van der Waals surface area contributed by atoms with Gasteiger partial charge in [0.25, 0.3) is 0 Å². The van der Waals surface area contributed by atoms with Gasteiger partial charge in [0, 0.05) is 63.6 Å². The van der Waals surface area contributed by atoms with Crippen LogP contribution in [0.2, 0.25) is 0 Å². The van der Waals surface area contributed by atoms with E-state index in [1.807, 2.05) is 0 Å². The summed E-state index contributed by atoms with van der Waals surface area (Å²) in [6, 6.07) is 0. The summed E-state index contributed by atoms with van der Waals surface area (Å²) < 4.78 is 0. The number of hydrogen-bond acceptors (Lipinski definition) is 0. The molecule has 0 unspecified atom stereocenters. The van der Waals surface area contributed by atoms with Crippen LogP contribution >= 0.6 is 0 Å². The molecule has 1 radical (unpaired) electrons. The van der Waals surface area contributed by atoms with Crippen molar-refractivity contribution in [2.24, 2.45) is 0 Å². The van der Waals surface area contributed by atoms with E-state index in [-0.39, 0.29) is 104 Å². The SMILES string of the molecule is [Ca+2].[H-].[H-].[Ta].[Ti].[Zn]. The topological polar surface area (TPSA) is 0 Å². The third-order valence-corrected chi connectivity index (χ3v) is 0. The zero-order valence-corrected chi connectivity index (χ0v) is 12.3. The van der Waals surface area contributed by atoms with Crippen LogP contribution < -0.4 is 0 Å². The molecule has 0 atom stereocenters. The van der Waals surface area contributed by atoms with Crippen molar-refractivity contribution in [3.05, 3.63) is 0 Å². The molecular weight excluding hydrogens is 334 g/mol. The standard InChI is InChI=1S/Ca.Ta.Ti.Zn.2H/q+2;;;;2*-1. The minimum Gasteiger partial charge on any atom is -1.00 e. The molecule has 0 heterocycles. The fourth-order valence-corrected chi connectivity index (χ4v) is 0. The van der Waals surface area contributed by atoms with E-state index in [1.54, 1.807) is 0 Å². The zero-order valence-electron chi connectivity index (χ0n) is 4.36. The van der Waals surface area contributed by atoms with E-state index < -0.39 is 0 Å². The first-order valence-corrected chi connectivity index (χ1v) is 0. The molecule has 0 saturated heterocycles. The molecule has 4 heavy (non-hydrogen) atoms. The van der Waals surface area contributed by atoms with E-state index >= 15 is 0 Å². The Balaban J connectivity index is 0. The first kappa shape index (κ1) is 26.5. The fraction of sp³-hybridized carbons (Fsp3) is 0. The fourth-order valence-electron chi connectivity index (χ4n) is 0. The normalized spacial score (nSPS) is 0. The van der Waals surface area contributed by atoms with Gasteiger partial charge < -0.3 is 2.85 Å². The molecule has 0 aliphatic heterocycles. The minimum atomic E-state index is 0.